The number of hydrogen-bond donors (Lipinski definition) is 0. The van der Waals surface area contributed by atoms with Crippen molar-refractivity contribution in [2.75, 3.05) is 13.2 Å². The molecule has 81 heavy (non-hydrogen) atoms. The summed E-state index contributed by atoms with van der Waals surface area (Å²) in [5, 5.41) is 0. The number of rotatable bonds is 60. The summed E-state index contributed by atoms with van der Waals surface area (Å²) in [4.78, 5) is 38.3. The topological polar surface area (TPSA) is 78.9 Å². The van der Waals surface area contributed by atoms with E-state index in [1.807, 2.05) is 0 Å². The number of ether oxygens (including phenoxy) is 3. The SMILES string of the molecule is CC/C=C\C/C=C\C/C=C\C/C=C\C/C=C\CCCCCCCCCCCCCCCCCCCC(=O)OCC(COC(=O)CCCCC/C=C\C/C=C\C/C=C\CC)OC(=O)CCCCCCCCC/C=C\C/C=C\C/C=C\CC. The molecule has 0 fully saturated rings. The van der Waals surface area contributed by atoms with Crippen molar-refractivity contribution in [1.82, 2.24) is 0 Å². The molecule has 6 heteroatoms. The van der Waals surface area contributed by atoms with Gasteiger partial charge in [-0.3, -0.25) is 14.4 Å². The number of carbonyl (C=O) groups is 3. The van der Waals surface area contributed by atoms with Crippen LogP contribution in [0.2, 0.25) is 0 Å². The van der Waals surface area contributed by atoms with Crippen LogP contribution < -0.4 is 0 Å². The largest absolute Gasteiger partial charge is 0.462 e. The minimum atomic E-state index is -0.799. The number of hydrogen-bond acceptors (Lipinski definition) is 6. The van der Waals surface area contributed by atoms with Gasteiger partial charge in [-0.15, -0.1) is 0 Å². The summed E-state index contributed by atoms with van der Waals surface area (Å²) in [6.07, 6.45) is 96.3. The van der Waals surface area contributed by atoms with E-state index >= 15 is 0 Å². The molecule has 0 heterocycles. The molecule has 0 bridgehead atoms. The van der Waals surface area contributed by atoms with Crippen LogP contribution in [0.25, 0.3) is 0 Å². The van der Waals surface area contributed by atoms with Gasteiger partial charge in [0.1, 0.15) is 13.2 Å². The van der Waals surface area contributed by atoms with Gasteiger partial charge in [0, 0.05) is 19.3 Å². The Labute approximate surface area is 500 Å². The van der Waals surface area contributed by atoms with Crippen LogP contribution in [-0.2, 0) is 28.6 Å². The standard InChI is InChI=1S/C75H124O6/c1-4-7-10-13-16-19-22-25-27-29-30-31-32-33-34-35-36-37-38-39-40-41-42-43-44-46-47-50-53-56-59-62-65-68-74(77)80-71-72(70-79-73(76)67-64-61-58-55-52-49-24-21-18-15-12-9-6-3)81-75(78)69-66-63-60-57-54-51-48-45-28-26-23-20-17-14-11-8-5-2/h7-12,16-21,25-28,30-31,33-34,49,52,72H,4-6,13-15,22-24,29,32,35-48,50-51,53-71H2,1-3H3/b10-7-,11-8-,12-9-,19-16-,20-17-,21-18-,27-25-,28-26-,31-30-,34-33-,52-49-. The van der Waals surface area contributed by atoms with Crippen molar-refractivity contribution in [3.63, 3.8) is 0 Å². The van der Waals surface area contributed by atoms with E-state index in [-0.39, 0.29) is 31.1 Å². The van der Waals surface area contributed by atoms with E-state index in [4.69, 9.17) is 14.2 Å². The Morgan fingerprint density at radius 1 is 0.247 bits per heavy atom. The number of allylic oxidation sites excluding steroid dienone is 22. The molecular formula is C75H124O6. The highest BCUT2D eigenvalue weighted by Crippen LogP contribution is 2.17. The zero-order valence-corrected chi connectivity index (χ0v) is 52.8. The molecule has 6 nitrogen and oxygen atoms in total. The molecule has 460 valence electrons. The first-order valence-corrected chi connectivity index (χ1v) is 33.7. The third kappa shape index (κ3) is 66.2. The maximum Gasteiger partial charge on any atom is 0.306 e. The van der Waals surface area contributed by atoms with Crippen LogP contribution in [0.3, 0.4) is 0 Å². The fraction of sp³-hybridized carbons (Fsp3) is 0.667. The number of esters is 3. The second-order valence-corrected chi connectivity index (χ2v) is 21.9. The molecule has 0 amide bonds. The third-order valence-corrected chi connectivity index (χ3v) is 14.1. The Morgan fingerprint density at radius 3 is 0.704 bits per heavy atom. The van der Waals surface area contributed by atoms with Gasteiger partial charge in [-0.25, -0.2) is 0 Å². The Hall–Kier alpha value is -4.45. The normalized spacial score (nSPS) is 13.0. The molecule has 0 rings (SSSR count). The molecule has 0 saturated carbocycles. The highest BCUT2D eigenvalue weighted by molar-refractivity contribution is 5.71. The summed E-state index contributed by atoms with van der Waals surface area (Å²) in [6.45, 7) is 6.28. The maximum absolute atomic E-state index is 12.9. The van der Waals surface area contributed by atoms with Gasteiger partial charge < -0.3 is 14.2 Å². The van der Waals surface area contributed by atoms with Crippen LogP contribution in [0.1, 0.15) is 303 Å². The summed E-state index contributed by atoms with van der Waals surface area (Å²) < 4.78 is 16.9. The van der Waals surface area contributed by atoms with Crippen molar-refractivity contribution in [2.24, 2.45) is 0 Å². The molecule has 0 saturated heterocycles. The average Bonchev–Trinajstić information content (AvgIpc) is 3.46. The van der Waals surface area contributed by atoms with E-state index < -0.39 is 6.10 Å². The Kier molecular flexibility index (Phi) is 64.3. The molecule has 1 unspecified atom stereocenters. The number of unbranched alkanes of at least 4 members (excludes halogenated alkanes) is 27. The molecule has 0 aliphatic rings. The lowest BCUT2D eigenvalue weighted by molar-refractivity contribution is -0.167. The molecule has 0 aromatic heterocycles. The van der Waals surface area contributed by atoms with Crippen molar-refractivity contribution >= 4 is 17.9 Å². The van der Waals surface area contributed by atoms with Gasteiger partial charge >= 0.3 is 17.9 Å². The fourth-order valence-corrected chi connectivity index (χ4v) is 9.21. The van der Waals surface area contributed by atoms with Crippen LogP contribution in [0.5, 0.6) is 0 Å². The predicted molar refractivity (Wildman–Crippen MR) is 353 cm³/mol. The zero-order chi connectivity index (χ0) is 58.5. The van der Waals surface area contributed by atoms with E-state index in [1.54, 1.807) is 0 Å². The molecule has 0 aromatic carbocycles. The third-order valence-electron chi connectivity index (χ3n) is 14.1. The van der Waals surface area contributed by atoms with Gasteiger partial charge in [0.05, 0.1) is 0 Å². The second kappa shape index (κ2) is 68.1. The predicted octanol–water partition coefficient (Wildman–Crippen LogP) is 23.3. The second-order valence-electron chi connectivity index (χ2n) is 21.9. The fourth-order valence-electron chi connectivity index (χ4n) is 9.21. The van der Waals surface area contributed by atoms with Gasteiger partial charge in [-0.05, 0) is 128 Å². The minimum absolute atomic E-state index is 0.0924. The van der Waals surface area contributed by atoms with Crippen molar-refractivity contribution in [1.29, 1.82) is 0 Å². The molecule has 0 aromatic rings. The molecule has 0 N–H and O–H groups in total. The van der Waals surface area contributed by atoms with E-state index in [0.29, 0.717) is 19.3 Å². The van der Waals surface area contributed by atoms with Gasteiger partial charge in [0.25, 0.3) is 0 Å². The summed E-state index contributed by atoms with van der Waals surface area (Å²) in [7, 11) is 0. The molecular weight excluding hydrogens is 997 g/mol. The van der Waals surface area contributed by atoms with Gasteiger partial charge in [-0.2, -0.15) is 0 Å². The van der Waals surface area contributed by atoms with Crippen LogP contribution in [0.15, 0.2) is 134 Å². The first-order chi connectivity index (χ1) is 40.0. The molecule has 1 atom stereocenters. The molecule has 0 spiro atoms. The molecule has 0 aliphatic carbocycles. The van der Waals surface area contributed by atoms with Crippen LogP contribution in [-0.4, -0.2) is 37.2 Å². The van der Waals surface area contributed by atoms with E-state index in [2.05, 4.69) is 154 Å². The highest BCUT2D eigenvalue weighted by Gasteiger charge is 2.19. The van der Waals surface area contributed by atoms with Gasteiger partial charge in [0.15, 0.2) is 6.10 Å². The quantitative estimate of drug-likeness (QED) is 0.0261. The lowest BCUT2D eigenvalue weighted by atomic mass is 10.0. The van der Waals surface area contributed by atoms with Crippen LogP contribution in [0.4, 0.5) is 0 Å². The molecule has 0 aliphatic heterocycles. The van der Waals surface area contributed by atoms with Crippen molar-refractivity contribution < 1.29 is 28.6 Å². The molecule has 0 radical (unpaired) electrons. The zero-order valence-electron chi connectivity index (χ0n) is 52.8. The Balaban J connectivity index is 4.21. The Morgan fingerprint density at radius 2 is 0.444 bits per heavy atom. The van der Waals surface area contributed by atoms with Crippen LogP contribution >= 0.6 is 0 Å². The van der Waals surface area contributed by atoms with Crippen LogP contribution in [0, 0.1) is 0 Å². The monoisotopic (exact) mass is 1120 g/mol. The van der Waals surface area contributed by atoms with E-state index in [9.17, 15) is 14.4 Å². The minimum Gasteiger partial charge on any atom is -0.462 e. The maximum atomic E-state index is 12.9. The summed E-state index contributed by atoms with van der Waals surface area (Å²) in [5.41, 5.74) is 0. The van der Waals surface area contributed by atoms with Crippen molar-refractivity contribution in [2.45, 2.75) is 309 Å². The van der Waals surface area contributed by atoms with E-state index in [1.165, 1.54) is 122 Å². The average molecular weight is 1120 g/mol. The van der Waals surface area contributed by atoms with Crippen molar-refractivity contribution in [3.05, 3.63) is 134 Å². The number of carbonyl (C=O) groups excluding carboxylic acids is 3. The highest BCUT2D eigenvalue weighted by atomic mass is 16.6. The summed E-state index contributed by atoms with van der Waals surface area (Å²) in [6, 6.07) is 0. The lowest BCUT2D eigenvalue weighted by Crippen LogP contribution is -2.30. The first-order valence-electron chi connectivity index (χ1n) is 33.7. The Bertz CT molecular complexity index is 1720. The first kappa shape index (κ1) is 76.5. The van der Waals surface area contributed by atoms with Gasteiger partial charge in [0.2, 0.25) is 0 Å². The summed E-state index contributed by atoms with van der Waals surface area (Å²) >= 11 is 0. The van der Waals surface area contributed by atoms with Gasteiger partial charge in [-0.1, -0.05) is 289 Å². The van der Waals surface area contributed by atoms with Crippen molar-refractivity contribution in [3.8, 4) is 0 Å². The smallest absolute Gasteiger partial charge is 0.306 e. The lowest BCUT2D eigenvalue weighted by Gasteiger charge is -2.18. The van der Waals surface area contributed by atoms with E-state index in [0.717, 1.165) is 141 Å². The summed E-state index contributed by atoms with van der Waals surface area (Å²) in [5.74, 6) is -0.927.